The standard InChI is InChI=1S/C23H29ClIN3O4S/c1-4-5-13-26-23(30)17(2)27(15-18-7-6-8-19(24)14-18)22(29)16-28(33(3,31)32)21-11-9-20(25)10-12-21/h6-12,14,17H,4-5,13,15-16H2,1-3H3,(H,26,30)/t17-/m1/s1. The van der Waals surface area contributed by atoms with Gasteiger partial charge in [0.25, 0.3) is 0 Å². The average molecular weight is 606 g/mol. The van der Waals surface area contributed by atoms with Crippen LogP contribution in [0, 0.1) is 3.57 Å². The van der Waals surface area contributed by atoms with Crippen LogP contribution in [0.5, 0.6) is 0 Å². The Kier molecular flexibility index (Phi) is 10.4. The minimum Gasteiger partial charge on any atom is -0.354 e. The van der Waals surface area contributed by atoms with Crippen LogP contribution in [0.2, 0.25) is 5.02 Å². The van der Waals surface area contributed by atoms with Crippen molar-refractivity contribution in [1.29, 1.82) is 0 Å². The van der Waals surface area contributed by atoms with Gasteiger partial charge in [0, 0.05) is 21.7 Å². The van der Waals surface area contributed by atoms with E-state index in [9.17, 15) is 18.0 Å². The molecule has 2 aromatic rings. The van der Waals surface area contributed by atoms with Crippen LogP contribution in [0.15, 0.2) is 48.5 Å². The van der Waals surface area contributed by atoms with Gasteiger partial charge in [-0.3, -0.25) is 13.9 Å². The molecule has 0 aromatic heterocycles. The molecule has 1 atom stereocenters. The summed E-state index contributed by atoms with van der Waals surface area (Å²) in [5.74, 6) is -0.781. The Balaban J connectivity index is 2.33. The Morgan fingerprint density at radius 1 is 1.15 bits per heavy atom. The molecule has 2 aromatic carbocycles. The van der Waals surface area contributed by atoms with E-state index in [0.29, 0.717) is 17.3 Å². The maximum Gasteiger partial charge on any atom is 0.244 e. The van der Waals surface area contributed by atoms with E-state index in [1.54, 1.807) is 55.5 Å². The Hall–Kier alpha value is -1.85. The van der Waals surface area contributed by atoms with Gasteiger partial charge in [0.2, 0.25) is 21.8 Å². The second-order valence-corrected chi connectivity index (χ2v) is 11.3. The number of nitrogens with one attached hydrogen (secondary N) is 1. The second kappa shape index (κ2) is 12.6. The minimum absolute atomic E-state index is 0.117. The van der Waals surface area contributed by atoms with E-state index >= 15 is 0 Å². The number of benzene rings is 2. The third-order valence-corrected chi connectivity index (χ3v) is 7.13. The lowest BCUT2D eigenvalue weighted by atomic mass is 10.1. The molecular formula is C23H29ClIN3O4S. The van der Waals surface area contributed by atoms with Crippen molar-refractivity contribution in [1.82, 2.24) is 10.2 Å². The van der Waals surface area contributed by atoms with Crippen molar-refractivity contribution >= 4 is 61.7 Å². The summed E-state index contributed by atoms with van der Waals surface area (Å²) < 4.78 is 27.0. The maximum atomic E-state index is 13.4. The van der Waals surface area contributed by atoms with E-state index in [2.05, 4.69) is 27.9 Å². The van der Waals surface area contributed by atoms with E-state index < -0.39 is 28.5 Å². The number of hydrogen-bond acceptors (Lipinski definition) is 4. The molecule has 0 saturated carbocycles. The number of anilines is 1. The monoisotopic (exact) mass is 605 g/mol. The molecule has 0 aliphatic heterocycles. The first-order valence-electron chi connectivity index (χ1n) is 10.6. The predicted octanol–water partition coefficient (Wildman–Crippen LogP) is 4.04. The van der Waals surface area contributed by atoms with Gasteiger partial charge >= 0.3 is 0 Å². The molecule has 0 bridgehead atoms. The molecule has 10 heteroatoms. The number of amides is 2. The van der Waals surface area contributed by atoms with Crippen LogP contribution in [-0.2, 0) is 26.2 Å². The number of hydrogen-bond donors (Lipinski definition) is 1. The van der Waals surface area contributed by atoms with Gasteiger partial charge in [-0.25, -0.2) is 8.42 Å². The van der Waals surface area contributed by atoms with Crippen LogP contribution in [0.4, 0.5) is 5.69 Å². The smallest absolute Gasteiger partial charge is 0.244 e. The van der Waals surface area contributed by atoms with Crippen LogP contribution < -0.4 is 9.62 Å². The Labute approximate surface area is 214 Å². The first kappa shape index (κ1) is 27.4. The van der Waals surface area contributed by atoms with Crippen molar-refractivity contribution in [2.24, 2.45) is 0 Å². The maximum absolute atomic E-state index is 13.4. The number of rotatable bonds is 11. The summed E-state index contributed by atoms with van der Waals surface area (Å²) in [6.45, 7) is 3.87. The lowest BCUT2D eigenvalue weighted by Gasteiger charge is -2.31. The fourth-order valence-electron chi connectivity index (χ4n) is 3.17. The number of halogens is 2. The van der Waals surface area contributed by atoms with Gasteiger partial charge in [-0.05, 0) is 77.9 Å². The van der Waals surface area contributed by atoms with Gasteiger partial charge < -0.3 is 10.2 Å². The topological polar surface area (TPSA) is 86.8 Å². The summed E-state index contributed by atoms with van der Waals surface area (Å²) >= 11 is 8.22. The van der Waals surface area contributed by atoms with Gasteiger partial charge in [0.05, 0.1) is 11.9 Å². The summed E-state index contributed by atoms with van der Waals surface area (Å²) in [7, 11) is -3.74. The summed E-state index contributed by atoms with van der Waals surface area (Å²) in [4.78, 5) is 27.5. The highest BCUT2D eigenvalue weighted by atomic mass is 127. The highest BCUT2D eigenvalue weighted by Crippen LogP contribution is 2.21. The zero-order chi connectivity index (χ0) is 24.6. The first-order valence-corrected chi connectivity index (χ1v) is 13.9. The Morgan fingerprint density at radius 3 is 2.39 bits per heavy atom. The van der Waals surface area contributed by atoms with E-state index in [-0.39, 0.29) is 12.5 Å². The van der Waals surface area contributed by atoms with Gasteiger partial charge in [0.1, 0.15) is 12.6 Å². The largest absolute Gasteiger partial charge is 0.354 e. The summed E-state index contributed by atoms with van der Waals surface area (Å²) in [6.07, 6.45) is 2.81. The van der Waals surface area contributed by atoms with E-state index in [0.717, 1.165) is 32.5 Å². The molecule has 180 valence electrons. The lowest BCUT2D eigenvalue weighted by molar-refractivity contribution is -0.139. The zero-order valence-corrected chi connectivity index (χ0v) is 22.7. The van der Waals surface area contributed by atoms with Crippen molar-refractivity contribution in [2.75, 3.05) is 23.7 Å². The number of carbonyl (C=O) groups is 2. The number of sulfonamides is 1. The number of carbonyl (C=O) groups excluding carboxylic acids is 2. The molecule has 0 saturated heterocycles. The van der Waals surface area contributed by atoms with Crippen molar-refractivity contribution in [3.8, 4) is 0 Å². The highest BCUT2D eigenvalue weighted by Gasteiger charge is 2.30. The molecule has 1 N–H and O–H groups in total. The fraction of sp³-hybridized carbons (Fsp3) is 0.391. The Bertz CT molecular complexity index is 1060. The molecule has 0 fully saturated rings. The van der Waals surface area contributed by atoms with E-state index in [4.69, 9.17) is 11.6 Å². The number of unbranched alkanes of at least 4 members (excludes halogenated alkanes) is 1. The van der Waals surface area contributed by atoms with Crippen molar-refractivity contribution < 1.29 is 18.0 Å². The molecule has 7 nitrogen and oxygen atoms in total. The van der Waals surface area contributed by atoms with Crippen LogP contribution in [-0.4, -0.2) is 50.5 Å². The molecule has 33 heavy (non-hydrogen) atoms. The summed E-state index contributed by atoms with van der Waals surface area (Å²) in [6, 6.07) is 13.1. The molecule has 2 rings (SSSR count). The minimum atomic E-state index is -3.74. The molecule has 0 heterocycles. The molecule has 0 radical (unpaired) electrons. The average Bonchev–Trinajstić information content (AvgIpc) is 2.75. The van der Waals surface area contributed by atoms with Crippen molar-refractivity contribution in [2.45, 2.75) is 39.3 Å². The zero-order valence-electron chi connectivity index (χ0n) is 18.9. The molecule has 0 aliphatic carbocycles. The van der Waals surface area contributed by atoms with Crippen molar-refractivity contribution in [3.05, 3.63) is 62.7 Å². The quantitative estimate of drug-likeness (QED) is 0.309. The van der Waals surface area contributed by atoms with Gasteiger partial charge in [-0.2, -0.15) is 0 Å². The van der Waals surface area contributed by atoms with E-state index in [1.165, 1.54) is 4.90 Å². The van der Waals surface area contributed by atoms with Crippen LogP contribution >= 0.6 is 34.2 Å². The highest BCUT2D eigenvalue weighted by molar-refractivity contribution is 14.1. The van der Waals surface area contributed by atoms with Crippen LogP contribution in [0.25, 0.3) is 0 Å². The summed E-state index contributed by atoms with van der Waals surface area (Å²) in [5.41, 5.74) is 1.12. The van der Waals surface area contributed by atoms with Crippen molar-refractivity contribution in [3.63, 3.8) is 0 Å². The van der Waals surface area contributed by atoms with Gasteiger partial charge in [-0.15, -0.1) is 0 Å². The first-order chi connectivity index (χ1) is 15.5. The van der Waals surface area contributed by atoms with Gasteiger partial charge in [0.15, 0.2) is 0 Å². The number of nitrogens with zero attached hydrogens (tertiary/aromatic N) is 2. The SMILES string of the molecule is CCCCNC(=O)[C@@H](C)N(Cc1cccc(Cl)c1)C(=O)CN(c1ccc(I)cc1)S(C)(=O)=O. The molecule has 2 amide bonds. The normalized spacial score (nSPS) is 12.2. The lowest BCUT2D eigenvalue weighted by Crippen LogP contribution is -2.51. The van der Waals surface area contributed by atoms with Crippen LogP contribution in [0.1, 0.15) is 32.3 Å². The second-order valence-electron chi connectivity index (χ2n) is 7.72. The van der Waals surface area contributed by atoms with Crippen LogP contribution in [0.3, 0.4) is 0 Å². The molecule has 0 spiro atoms. The molecule has 0 aliphatic rings. The third-order valence-electron chi connectivity index (χ3n) is 5.03. The molecule has 0 unspecified atom stereocenters. The predicted molar refractivity (Wildman–Crippen MR) is 141 cm³/mol. The third kappa shape index (κ3) is 8.46. The van der Waals surface area contributed by atoms with E-state index in [1.807, 2.05) is 6.92 Å². The Morgan fingerprint density at radius 2 is 1.82 bits per heavy atom. The van der Waals surface area contributed by atoms with Gasteiger partial charge in [-0.1, -0.05) is 37.1 Å². The fourth-order valence-corrected chi connectivity index (χ4v) is 4.59. The molecular weight excluding hydrogens is 577 g/mol. The summed E-state index contributed by atoms with van der Waals surface area (Å²) in [5, 5.41) is 3.36.